The second-order valence-electron chi connectivity index (χ2n) is 7.60. The normalized spacial score (nSPS) is 18.5. The second kappa shape index (κ2) is 8.10. The van der Waals surface area contributed by atoms with Gasteiger partial charge in [-0.25, -0.2) is 4.68 Å². The molecule has 1 aliphatic rings. The van der Waals surface area contributed by atoms with E-state index in [-0.39, 0.29) is 17.7 Å². The molecule has 1 saturated heterocycles. The highest BCUT2D eigenvalue weighted by atomic mass is 16.2. The maximum absolute atomic E-state index is 12.7. The van der Waals surface area contributed by atoms with Crippen LogP contribution in [0.1, 0.15) is 47.7 Å². The van der Waals surface area contributed by atoms with Crippen LogP contribution in [-0.4, -0.2) is 37.9 Å². The van der Waals surface area contributed by atoms with Crippen molar-refractivity contribution in [3.05, 3.63) is 65.5 Å². The number of nitrogens with one attached hydrogen (secondary N) is 2. The molecule has 3 amide bonds. The second-order valence-corrected chi connectivity index (χ2v) is 7.60. The molecule has 0 aliphatic carbocycles. The Kier molecular flexibility index (Phi) is 5.33. The van der Waals surface area contributed by atoms with Gasteiger partial charge in [-0.15, -0.1) is 5.10 Å². The van der Waals surface area contributed by atoms with Crippen LogP contribution in [0.5, 0.6) is 0 Å². The average molecular weight is 418 g/mol. The summed E-state index contributed by atoms with van der Waals surface area (Å²) in [5, 5.41) is 16.4. The molecule has 2 N–H and O–H groups in total. The van der Waals surface area contributed by atoms with Crippen molar-refractivity contribution >= 4 is 23.4 Å². The van der Waals surface area contributed by atoms with Gasteiger partial charge in [-0.3, -0.25) is 19.7 Å². The van der Waals surface area contributed by atoms with Crippen molar-refractivity contribution in [2.24, 2.45) is 0 Å². The van der Waals surface area contributed by atoms with Crippen molar-refractivity contribution in [2.45, 2.75) is 38.5 Å². The molecule has 0 saturated carbocycles. The van der Waals surface area contributed by atoms with Crippen molar-refractivity contribution in [2.75, 3.05) is 5.32 Å². The molecule has 1 fully saturated rings. The van der Waals surface area contributed by atoms with Crippen LogP contribution in [-0.2, 0) is 15.0 Å². The zero-order valence-electron chi connectivity index (χ0n) is 17.3. The fourth-order valence-electron chi connectivity index (χ4n) is 3.97. The SMILES string of the molecule is CCC1(c2ccc(NC(=O)c3ccc(-n4cnnn4)c(C)c3)cc2)CCC(=O)NC1=O. The highest BCUT2D eigenvalue weighted by molar-refractivity contribution is 6.05. The minimum Gasteiger partial charge on any atom is -0.322 e. The van der Waals surface area contributed by atoms with E-state index in [1.54, 1.807) is 30.3 Å². The first-order chi connectivity index (χ1) is 14.9. The first kappa shape index (κ1) is 20.4. The Hall–Kier alpha value is -3.88. The third-order valence-electron chi connectivity index (χ3n) is 5.82. The van der Waals surface area contributed by atoms with E-state index in [1.165, 1.54) is 11.0 Å². The van der Waals surface area contributed by atoms with Gasteiger partial charge in [-0.2, -0.15) is 0 Å². The Labute approximate surface area is 178 Å². The van der Waals surface area contributed by atoms with Gasteiger partial charge in [0, 0.05) is 17.7 Å². The van der Waals surface area contributed by atoms with Crippen LogP contribution in [0.15, 0.2) is 48.8 Å². The topological polar surface area (TPSA) is 119 Å². The molecular formula is C22H22N6O3. The number of hydrogen-bond donors (Lipinski definition) is 2. The first-order valence-corrected chi connectivity index (χ1v) is 10.0. The fourth-order valence-corrected chi connectivity index (χ4v) is 3.97. The number of rotatable bonds is 5. The number of hydrogen-bond acceptors (Lipinski definition) is 6. The van der Waals surface area contributed by atoms with Crippen LogP contribution in [0.2, 0.25) is 0 Å². The summed E-state index contributed by atoms with van der Waals surface area (Å²) in [5.74, 6) is -0.745. The third kappa shape index (κ3) is 3.81. The van der Waals surface area contributed by atoms with Crippen LogP contribution < -0.4 is 10.6 Å². The van der Waals surface area contributed by atoms with Crippen molar-refractivity contribution in [3.8, 4) is 5.69 Å². The van der Waals surface area contributed by atoms with E-state index in [9.17, 15) is 14.4 Å². The molecule has 0 bridgehead atoms. The summed E-state index contributed by atoms with van der Waals surface area (Å²) in [4.78, 5) is 36.8. The molecule has 9 nitrogen and oxygen atoms in total. The van der Waals surface area contributed by atoms with Gasteiger partial charge in [0.05, 0.1) is 11.1 Å². The molecule has 1 atom stereocenters. The highest BCUT2D eigenvalue weighted by Gasteiger charge is 2.42. The zero-order valence-corrected chi connectivity index (χ0v) is 17.3. The molecule has 0 spiro atoms. The lowest BCUT2D eigenvalue weighted by Gasteiger charge is -2.35. The van der Waals surface area contributed by atoms with Gasteiger partial charge in [0.2, 0.25) is 11.8 Å². The van der Waals surface area contributed by atoms with Crippen molar-refractivity contribution in [3.63, 3.8) is 0 Å². The zero-order chi connectivity index (χ0) is 22.0. The van der Waals surface area contributed by atoms with Gasteiger partial charge in [-0.1, -0.05) is 19.1 Å². The van der Waals surface area contributed by atoms with E-state index < -0.39 is 5.41 Å². The Morgan fingerprint density at radius 1 is 1.19 bits per heavy atom. The molecule has 9 heteroatoms. The minimum absolute atomic E-state index is 0.237. The van der Waals surface area contributed by atoms with Gasteiger partial charge in [0.15, 0.2) is 0 Å². The van der Waals surface area contributed by atoms with Crippen molar-refractivity contribution in [1.82, 2.24) is 25.5 Å². The molecule has 4 rings (SSSR count). The summed E-state index contributed by atoms with van der Waals surface area (Å²) in [7, 11) is 0. The van der Waals surface area contributed by atoms with Gasteiger partial charge in [0.25, 0.3) is 5.91 Å². The number of anilines is 1. The van der Waals surface area contributed by atoms with E-state index in [0.717, 1.165) is 16.8 Å². The third-order valence-corrected chi connectivity index (χ3v) is 5.82. The maximum Gasteiger partial charge on any atom is 0.255 e. The Bertz CT molecular complexity index is 1140. The lowest BCUT2D eigenvalue weighted by molar-refractivity contribution is -0.138. The minimum atomic E-state index is -0.723. The number of carbonyl (C=O) groups is 3. The number of aryl methyl sites for hydroxylation is 1. The maximum atomic E-state index is 12.7. The van der Waals surface area contributed by atoms with E-state index in [0.29, 0.717) is 30.5 Å². The molecular weight excluding hydrogens is 396 g/mol. The molecule has 2 heterocycles. The van der Waals surface area contributed by atoms with Gasteiger partial charge in [0.1, 0.15) is 6.33 Å². The summed E-state index contributed by atoms with van der Waals surface area (Å²) < 4.78 is 1.54. The lowest BCUT2D eigenvalue weighted by atomic mass is 9.72. The number of piperidine rings is 1. The van der Waals surface area contributed by atoms with E-state index in [2.05, 4.69) is 26.2 Å². The smallest absolute Gasteiger partial charge is 0.255 e. The molecule has 2 aromatic carbocycles. The molecule has 1 aromatic heterocycles. The van der Waals surface area contributed by atoms with Crippen molar-refractivity contribution in [1.29, 1.82) is 0 Å². The predicted octanol–water partition coefficient (Wildman–Crippen LogP) is 2.31. The van der Waals surface area contributed by atoms with Crippen LogP contribution in [0.4, 0.5) is 5.69 Å². The van der Waals surface area contributed by atoms with Gasteiger partial charge in [-0.05, 0) is 71.7 Å². The summed E-state index contributed by atoms with van der Waals surface area (Å²) in [6.45, 7) is 3.82. The van der Waals surface area contributed by atoms with E-state index in [1.807, 2.05) is 26.0 Å². The van der Waals surface area contributed by atoms with E-state index in [4.69, 9.17) is 0 Å². The Morgan fingerprint density at radius 2 is 1.97 bits per heavy atom. The molecule has 3 aromatic rings. The van der Waals surface area contributed by atoms with Crippen molar-refractivity contribution < 1.29 is 14.4 Å². The largest absolute Gasteiger partial charge is 0.322 e. The Balaban J connectivity index is 1.50. The first-order valence-electron chi connectivity index (χ1n) is 10.0. The van der Waals surface area contributed by atoms with Crippen LogP contribution in [0, 0.1) is 6.92 Å². The van der Waals surface area contributed by atoms with E-state index >= 15 is 0 Å². The number of amides is 3. The van der Waals surface area contributed by atoms with Crippen LogP contribution in [0.3, 0.4) is 0 Å². The molecule has 31 heavy (non-hydrogen) atoms. The quantitative estimate of drug-likeness (QED) is 0.614. The standard InChI is InChI=1S/C22H22N6O3/c1-3-22(11-10-19(29)25-21(22)31)16-5-7-17(8-6-16)24-20(30)15-4-9-18(14(2)12-15)28-13-23-26-27-28/h4-9,12-13H,3,10-11H2,1-2H3,(H,24,30)(H,25,29,31). The summed E-state index contributed by atoms with van der Waals surface area (Å²) >= 11 is 0. The number of tetrazole rings is 1. The number of benzene rings is 2. The monoisotopic (exact) mass is 418 g/mol. The fraction of sp³-hybridized carbons (Fsp3) is 0.273. The highest BCUT2D eigenvalue weighted by Crippen LogP contribution is 2.36. The molecule has 158 valence electrons. The number of imide groups is 1. The number of nitrogens with zero attached hydrogens (tertiary/aromatic N) is 4. The summed E-state index contributed by atoms with van der Waals surface area (Å²) in [6, 6.07) is 12.5. The summed E-state index contributed by atoms with van der Waals surface area (Å²) in [5.41, 5.74) is 2.89. The molecule has 0 radical (unpaired) electrons. The summed E-state index contributed by atoms with van der Waals surface area (Å²) in [6.07, 6.45) is 2.88. The molecule has 1 unspecified atom stereocenters. The lowest BCUT2D eigenvalue weighted by Crippen LogP contribution is -2.51. The average Bonchev–Trinajstić information content (AvgIpc) is 3.29. The number of aromatic nitrogens is 4. The molecule has 1 aliphatic heterocycles. The van der Waals surface area contributed by atoms with Gasteiger partial charge < -0.3 is 5.32 Å². The Morgan fingerprint density at radius 3 is 2.58 bits per heavy atom. The predicted molar refractivity (Wildman–Crippen MR) is 113 cm³/mol. The van der Waals surface area contributed by atoms with Crippen LogP contribution >= 0.6 is 0 Å². The van der Waals surface area contributed by atoms with Gasteiger partial charge >= 0.3 is 0 Å². The number of carbonyl (C=O) groups excluding carboxylic acids is 3. The van der Waals surface area contributed by atoms with Crippen LogP contribution in [0.25, 0.3) is 5.69 Å².